The Hall–Kier alpha value is -2.21. The lowest BCUT2D eigenvalue weighted by atomic mass is 10.0. The zero-order valence-electron chi connectivity index (χ0n) is 15.8. The van der Waals surface area contributed by atoms with Crippen LogP contribution in [0.3, 0.4) is 0 Å². The van der Waals surface area contributed by atoms with Crippen molar-refractivity contribution < 1.29 is 4.79 Å². The first-order valence-electron chi connectivity index (χ1n) is 9.48. The molecule has 1 saturated heterocycles. The van der Waals surface area contributed by atoms with Crippen molar-refractivity contribution in [3.63, 3.8) is 0 Å². The Morgan fingerprint density at radius 3 is 2.54 bits per heavy atom. The summed E-state index contributed by atoms with van der Waals surface area (Å²) in [5.41, 5.74) is 1.28. The van der Waals surface area contributed by atoms with Gasteiger partial charge in [-0.15, -0.1) is 10.2 Å². The highest BCUT2D eigenvalue weighted by Gasteiger charge is 2.26. The molecular weight excluding hydrogens is 326 g/mol. The van der Waals surface area contributed by atoms with E-state index in [0.29, 0.717) is 18.9 Å². The number of aryl methyl sites for hydroxylation is 2. The molecule has 3 rings (SSSR count). The van der Waals surface area contributed by atoms with E-state index in [0.717, 1.165) is 44.7 Å². The zero-order chi connectivity index (χ0) is 18.4. The first-order valence-corrected chi connectivity index (χ1v) is 9.48. The summed E-state index contributed by atoms with van der Waals surface area (Å²) < 4.78 is 1.89. The van der Waals surface area contributed by atoms with Crippen LogP contribution in [0.1, 0.15) is 30.7 Å². The number of benzene rings is 1. The van der Waals surface area contributed by atoms with E-state index in [1.54, 1.807) is 6.33 Å². The second-order valence-corrected chi connectivity index (χ2v) is 7.22. The molecular formula is C20H29N5O. The Bertz CT molecular complexity index is 691. The van der Waals surface area contributed by atoms with Crippen molar-refractivity contribution in [2.45, 2.75) is 38.1 Å². The number of aromatic nitrogens is 3. The Morgan fingerprint density at radius 2 is 1.88 bits per heavy atom. The first-order chi connectivity index (χ1) is 12.6. The normalized spacial score (nSPS) is 15.9. The van der Waals surface area contributed by atoms with E-state index in [9.17, 15) is 4.79 Å². The molecule has 0 bridgehead atoms. The number of carbonyl (C=O) groups is 1. The summed E-state index contributed by atoms with van der Waals surface area (Å²) >= 11 is 0. The van der Waals surface area contributed by atoms with E-state index in [4.69, 9.17) is 0 Å². The van der Waals surface area contributed by atoms with Gasteiger partial charge in [0, 0.05) is 32.5 Å². The Morgan fingerprint density at radius 1 is 1.15 bits per heavy atom. The lowest BCUT2D eigenvalue weighted by molar-refractivity contribution is -0.134. The van der Waals surface area contributed by atoms with Gasteiger partial charge < -0.3 is 14.4 Å². The zero-order valence-corrected chi connectivity index (χ0v) is 15.8. The van der Waals surface area contributed by atoms with Gasteiger partial charge in [-0.1, -0.05) is 30.3 Å². The number of nitrogens with zero attached hydrogens (tertiary/aromatic N) is 5. The van der Waals surface area contributed by atoms with Gasteiger partial charge in [0.15, 0.2) is 0 Å². The van der Waals surface area contributed by atoms with E-state index in [-0.39, 0.29) is 5.91 Å². The van der Waals surface area contributed by atoms with Gasteiger partial charge in [0.05, 0.1) is 0 Å². The van der Waals surface area contributed by atoms with E-state index in [1.807, 2.05) is 17.7 Å². The molecule has 0 radical (unpaired) electrons. The van der Waals surface area contributed by atoms with Gasteiger partial charge in [0.2, 0.25) is 5.91 Å². The van der Waals surface area contributed by atoms with Gasteiger partial charge in [-0.3, -0.25) is 4.79 Å². The molecule has 0 unspecified atom stereocenters. The molecule has 1 aliphatic heterocycles. The van der Waals surface area contributed by atoms with Crippen LogP contribution in [0, 0.1) is 0 Å². The number of piperidine rings is 1. The Kier molecular flexibility index (Phi) is 6.39. The smallest absolute Gasteiger partial charge is 0.223 e. The van der Waals surface area contributed by atoms with Crippen LogP contribution < -0.4 is 0 Å². The second kappa shape index (κ2) is 8.94. The molecule has 1 aromatic heterocycles. The third kappa shape index (κ3) is 4.91. The van der Waals surface area contributed by atoms with Crippen molar-refractivity contribution in [3.8, 4) is 0 Å². The molecule has 6 heteroatoms. The highest BCUT2D eigenvalue weighted by Crippen LogP contribution is 2.18. The monoisotopic (exact) mass is 355 g/mol. The van der Waals surface area contributed by atoms with Crippen molar-refractivity contribution in [2.24, 2.45) is 7.05 Å². The SMILES string of the molecule is CN1CCC(N(CCc2ccccc2)C(=O)CCc2nncn2C)CC1. The lowest BCUT2D eigenvalue weighted by Crippen LogP contribution is -2.47. The molecule has 2 heterocycles. The van der Waals surface area contributed by atoms with E-state index in [2.05, 4.69) is 51.3 Å². The summed E-state index contributed by atoms with van der Waals surface area (Å²) in [5, 5.41) is 8.00. The molecule has 26 heavy (non-hydrogen) atoms. The number of likely N-dealkylation sites (tertiary alicyclic amines) is 1. The molecule has 0 spiro atoms. The first kappa shape index (κ1) is 18.6. The van der Waals surface area contributed by atoms with Crippen LogP contribution in [-0.4, -0.2) is 63.2 Å². The Balaban J connectivity index is 1.63. The van der Waals surface area contributed by atoms with Crippen LogP contribution in [0.25, 0.3) is 0 Å². The van der Waals surface area contributed by atoms with Crippen LogP contribution in [0.4, 0.5) is 0 Å². The van der Waals surface area contributed by atoms with Gasteiger partial charge in [-0.25, -0.2) is 0 Å². The molecule has 6 nitrogen and oxygen atoms in total. The highest BCUT2D eigenvalue weighted by atomic mass is 16.2. The van der Waals surface area contributed by atoms with Crippen molar-refractivity contribution in [2.75, 3.05) is 26.7 Å². The maximum absolute atomic E-state index is 13.0. The summed E-state index contributed by atoms with van der Waals surface area (Å²) in [6.45, 7) is 2.90. The summed E-state index contributed by atoms with van der Waals surface area (Å²) in [4.78, 5) is 17.5. The van der Waals surface area contributed by atoms with Crippen molar-refractivity contribution in [3.05, 3.63) is 48.0 Å². The molecule has 0 N–H and O–H groups in total. The molecule has 140 valence electrons. The number of hydrogen-bond acceptors (Lipinski definition) is 4. The molecule has 2 aromatic rings. The fourth-order valence-electron chi connectivity index (χ4n) is 3.61. The minimum Gasteiger partial charge on any atom is -0.339 e. The van der Waals surface area contributed by atoms with Gasteiger partial charge >= 0.3 is 0 Å². The topological polar surface area (TPSA) is 54.3 Å². The van der Waals surface area contributed by atoms with Crippen LogP contribution in [0.2, 0.25) is 0 Å². The molecule has 1 fully saturated rings. The maximum Gasteiger partial charge on any atom is 0.223 e. The van der Waals surface area contributed by atoms with Gasteiger partial charge in [-0.05, 0) is 45.0 Å². The predicted molar refractivity (Wildman–Crippen MR) is 102 cm³/mol. The maximum atomic E-state index is 13.0. The minimum atomic E-state index is 0.235. The van der Waals surface area contributed by atoms with E-state index < -0.39 is 0 Å². The van der Waals surface area contributed by atoms with Crippen molar-refractivity contribution in [1.29, 1.82) is 0 Å². The number of amides is 1. The molecule has 0 saturated carbocycles. The average Bonchev–Trinajstić information content (AvgIpc) is 3.07. The van der Waals surface area contributed by atoms with Crippen molar-refractivity contribution >= 4 is 5.91 Å². The quantitative estimate of drug-likeness (QED) is 0.761. The standard InChI is InChI=1S/C20H29N5O/c1-23-13-11-18(12-14-23)25(15-10-17-6-4-3-5-7-17)20(26)9-8-19-22-21-16-24(19)2/h3-7,16,18H,8-15H2,1-2H3. The third-order valence-electron chi connectivity index (χ3n) is 5.30. The van der Waals surface area contributed by atoms with Gasteiger partial charge in [-0.2, -0.15) is 0 Å². The van der Waals surface area contributed by atoms with Crippen LogP contribution >= 0.6 is 0 Å². The van der Waals surface area contributed by atoms with Crippen LogP contribution in [0.15, 0.2) is 36.7 Å². The largest absolute Gasteiger partial charge is 0.339 e. The molecule has 1 amide bonds. The fraction of sp³-hybridized carbons (Fsp3) is 0.550. The predicted octanol–water partition coefficient (Wildman–Crippen LogP) is 1.91. The van der Waals surface area contributed by atoms with Gasteiger partial charge in [0.25, 0.3) is 0 Å². The average molecular weight is 355 g/mol. The summed E-state index contributed by atoms with van der Waals surface area (Å²) in [5.74, 6) is 1.10. The third-order valence-corrected chi connectivity index (χ3v) is 5.30. The highest BCUT2D eigenvalue weighted by molar-refractivity contribution is 5.76. The minimum absolute atomic E-state index is 0.235. The van der Waals surface area contributed by atoms with Crippen LogP contribution in [-0.2, 0) is 24.7 Å². The second-order valence-electron chi connectivity index (χ2n) is 7.22. The van der Waals surface area contributed by atoms with Crippen LogP contribution in [0.5, 0.6) is 0 Å². The van der Waals surface area contributed by atoms with Crippen molar-refractivity contribution in [1.82, 2.24) is 24.6 Å². The molecule has 0 aliphatic carbocycles. The van der Waals surface area contributed by atoms with E-state index >= 15 is 0 Å². The molecule has 1 aromatic carbocycles. The lowest BCUT2D eigenvalue weighted by Gasteiger charge is -2.37. The Labute approximate surface area is 155 Å². The van der Waals surface area contributed by atoms with Gasteiger partial charge in [0.1, 0.15) is 12.2 Å². The number of hydrogen-bond donors (Lipinski definition) is 0. The number of rotatable bonds is 7. The summed E-state index contributed by atoms with van der Waals surface area (Å²) in [6, 6.07) is 10.8. The van der Waals surface area contributed by atoms with E-state index in [1.165, 1.54) is 5.56 Å². The summed E-state index contributed by atoms with van der Waals surface area (Å²) in [7, 11) is 4.07. The molecule has 0 atom stereocenters. The number of carbonyl (C=O) groups excluding carboxylic acids is 1. The molecule has 1 aliphatic rings. The fourth-order valence-corrected chi connectivity index (χ4v) is 3.61. The summed E-state index contributed by atoms with van der Waals surface area (Å²) in [6.07, 6.45) is 5.84.